The van der Waals surface area contributed by atoms with E-state index in [1.165, 1.54) is 9.25 Å². The summed E-state index contributed by atoms with van der Waals surface area (Å²) in [5, 5.41) is 4.15. The van der Waals surface area contributed by atoms with Crippen LogP contribution >= 0.6 is 11.6 Å². The average molecular weight is 509 g/mol. The van der Waals surface area contributed by atoms with E-state index in [4.69, 9.17) is 11.6 Å². The minimum absolute atomic E-state index is 0.0416. The second-order valence-electron chi connectivity index (χ2n) is 8.32. The number of halogens is 4. The van der Waals surface area contributed by atoms with Crippen LogP contribution in [0.15, 0.2) is 34.1 Å². The molecule has 0 spiro atoms. The molecule has 0 radical (unpaired) electrons. The Morgan fingerprint density at radius 3 is 2.46 bits per heavy atom. The number of aromatic amines is 1. The Hall–Kier alpha value is -3.34. The van der Waals surface area contributed by atoms with Crippen molar-refractivity contribution in [1.29, 1.82) is 0 Å². The van der Waals surface area contributed by atoms with Crippen molar-refractivity contribution in [3.63, 3.8) is 0 Å². The summed E-state index contributed by atoms with van der Waals surface area (Å²) in [4.78, 5) is 32.8. The lowest BCUT2D eigenvalue weighted by molar-refractivity contribution is 0.508. The highest BCUT2D eigenvalue weighted by atomic mass is 35.5. The van der Waals surface area contributed by atoms with Gasteiger partial charge < -0.3 is 4.98 Å². The quantitative estimate of drug-likeness (QED) is 0.259. The molecular formula is C23H24ClF3N6O2. The van der Waals surface area contributed by atoms with E-state index in [-0.39, 0.29) is 35.1 Å². The van der Waals surface area contributed by atoms with E-state index in [2.05, 4.69) is 22.0 Å². The normalized spacial score (nSPS) is 11.6. The summed E-state index contributed by atoms with van der Waals surface area (Å²) in [7, 11) is 0. The molecule has 1 N–H and O–H groups in total. The summed E-state index contributed by atoms with van der Waals surface area (Å²) in [5.41, 5.74) is -0.0346. The molecule has 0 aliphatic heterocycles. The first-order chi connectivity index (χ1) is 16.8. The van der Waals surface area contributed by atoms with Gasteiger partial charge in [0.2, 0.25) is 5.28 Å². The van der Waals surface area contributed by atoms with Crippen LogP contribution in [0.1, 0.15) is 43.7 Å². The predicted octanol–water partition coefficient (Wildman–Crippen LogP) is 4.02. The van der Waals surface area contributed by atoms with E-state index in [9.17, 15) is 22.8 Å². The number of imidazole rings is 1. The monoisotopic (exact) mass is 508 g/mol. The molecule has 186 valence electrons. The van der Waals surface area contributed by atoms with Gasteiger partial charge in [-0.15, -0.1) is 0 Å². The molecule has 35 heavy (non-hydrogen) atoms. The summed E-state index contributed by atoms with van der Waals surface area (Å²) >= 11 is 5.96. The fraction of sp³-hybridized carbons (Fsp3) is 0.391. The Labute approximate surface area is 203 Å². The highest BCUT2D eigenvalue weighted by Crippen LogP contribution is 2.16. The summed E-state index contributed by atoms with van der Waals surface area (Å²) in [6.07, 6.45) is 6.76. The highest BCUT2D eigenvalue weighted by molar-refractivity contribution is 6.28. The van der Waals surface area contributed by atoms with Crippen molar-refractivity contribution in [3.05, 3.63) is 79.2 Å². The zero-order chi connectivity index (χ0) is 25.1. The lowest BCUT2D eigenvalue weighted by atomic mass is 10.2. The van der Waals surface area contributed by atoms with Crippen LogP contribution in [0.3, 0.4) is 0 Å². The van der Waals surface area contributed by atoms with E-state index in [1.807, 2.05) is 0 Å². The topological polar surface area (TPSA) is 90.5 Å². The van der Waals surface area contributed by atoms with Gasteiger partial charge >= 0.3 is 5.69 Å². The fourth-order valence-electron chi connectivity index (χ4n) is 4.01. The molecule has 4 rings (SSSR count). The van der Waals surface area contributed by atoms with Gasteiger partial charge in [0, 0.05) is 37.0 Å². The second-order valence-corrected chi connectivity index (χ2v) is 8.68. The number of hydrogen-bond acceptors (Lipinski definition) is 4. The molecule has 0 saturated heterocycles. The molecule has 0 fully saturated rings. The Morgan fingerprint density at radius 2 is 1.74 bits per heavy atom. The van der Waals surface area contributed by atoms with Crippen LogP contribution < -0.4 is 11.2 Å². The van der Waals surface area contributed by atoms with E-state index in [0.717, 1.165) is 29.4 Å². The van der Waals surface area contributed by atoms with Crippen molar-refractivity contribution in [2.24, 2.45) is 0 Å². The molecule has 0 aliphatic rings. The Morgan fingerprint density at radius 1 is 1.03 bits per heavy atom. The first-order valence-corrected chi connectivity index (χ1v) is 11.7. The van der Waals surface area contributed by atoms with E-state index < -0.39 is 28.7 Å². The number of unbranched alkanes of at least 4 members (excludes halogenated alkanes) is 2. The fourth-order valence-corrected chi connectivity index (χ4v) is 4.18. The van der Waals surface area contributed by atoms with Crippen molar-refractivity contribution < 1.29 is 13.2 Å². The zero-order valence-electron chi connectivity index (χ0n) is 19.0. The van der Waals surface area contributed by atoms with Gasteiger partial charge in [-0.25, -0.2) is 18.0 Å². The van der Waals surface area contributed by atoms with Crippen LogP contribution in [-0.4, -0.2) is 28.9 Å². The minimum Gasteiger partial charge on any atom is -0.323 e. The van der Waals surface area contributed by atoms with Crippen LogP contribution in [0.25, 0.3) is 11.2 Å². The van der Waals surface area contributed by atoms with Gasteiger partial charge in [0.25, 0.3) is 5.56 Å². The maximum atomic E-state index is 13.9. The van der Waals surface area contributed by atoms with Gasteiger partial charge in [-0.3, -0.25) is 18.6 Å². The number of nitrogens with one attached hydrogen (secondary N) is 1. The highest BCUT2D eigenvalue weighted by Gasteiger charge is 2.17. The molecule has 3 heterocycles. The third-order valence-electron chi connectivity index (χ3n) is 5.78. The summed E-state index contributed by atoms with van der Waals surface area (Å²) in [5.74, 6) is -2.95. The number of aryl methyl sites for hydroxylation is 2. The number of hydrogen-bond donors (Lipinski definition) is 1. The van der Waals surface area contributed by atoms with Crippen LogP contribution in [0.2, 0.25) is 5.28 Å². The smallest absolute Gasteiger partial charge is 0.323 e. The second kappa shape index (κ2) is 10.5. The third-order valence-corrected chi connectivity index (χ3v) is 5.96. The Bertz CT molecular complexity index is 1450. The molecule has 0 amide bonds. The van der Waals surface area contributed by atoms with Crippen LogP contribution in [0, 0.1) is 17.5 Å². The lowest BCUT2D eigenvalue weighted by Crippen LogP contribution is -2.40. The summed E-state index contributed by atoms with van der Waals surface area (Å²) in [6, 6.07) is 1.25. The lowest BCUT2D eigenvalue weighted by Gasteiger charge is -2.11. The van der Waals surface area contributed by atoms with Crippen molar-refractivity contribution >= 4 is 22.8 Å². The SMILES string of the molecule is CCCCCn1c(=O)n(CCCc2cnn(Cc3c(F)cc(F)cc3F)c2)c(=O)c2[nH]c(Cl)nc21. The number of benzene rings is 1. The maximum absolute atomic E-state index is 13.9. The molecular weight excluding hydrogens is 485 g/mol. The molecule has 0 saturated carbocycles. The van der Waals surface area contributed by atoms with Gasteiger partial charge in [0.15, 0.2) is 11.2 Å². The number of nitrogens with zero attached hydrogens (tertiary/aromatic N) is 5. The minimum atomic E-state index is -0.986. The largest absolute Gasteiger partial charge is 0.332 e. The Balaban J connectivity index is 1.49. The van der Waals surface area contributed by atoms with E-state index in [0.29, 0.717) is 31.5 Å². The molecule has 0 bridgehead atoms. The predicted molar refractivity (Wildman–Crippen MR) is 125 cm³/mol. The molecule has 12 heteroatoms. The van der Waals surface area contributed by atoms with Gasteiger partial charge in [-0.05, 0) is 36.4 Å². The number of aromatic nitrogens is 6. The van der Waals surface area contributed by atoms with Crippen LogP contribution in [-0.2, 0) is 26.1 Å². The number of fused-ring (bicyclic) bond motifs is 1. The van der Waals surface area contributed by atoms with Crippen LogP contribution in [0.4, 0.5) is 13.2 Å². The maximum Gasteiger partial charge on any atom is 0.332 e. The standard InChI is InChI=1S/C23H24ClF3N6O2/c1-2-3-4-7-32-20-19(29-22(24)30-20)21(34)33(23(32)35)8-5-6-14-11-28-31(12-14)13-16-17(26)9-15(25)10-18(16)27/h9-12H,2-8,13H2,1H3,(H,29,30). The first kappa shape index (κ1) is 24.8. The summed E-state index contributed by atoms with van der Waals surface area (Å²) in [6.45, 7) is 2.44. The molecule has 1 aromatic carbocycles. The van der Waals surface area contributed by atoms with E-state index >= 15 is 0 Å². The van der Waals surface area contributed by atoms with Crippen molar-refractivity contribution in [1.82, 2.24) is 28.9 Å². The number of H-pyrrole nitrogens is 1. The van der Waals surface area contributed by atoms with Gasteiger partial charge in [-0.1, -0.05) is 19.8 Å². The zero-order valence-corrected chi connectivity index (χ0v) is 19.8. The average Bonchev–Trinajstić information content (AvgIpc) is 3.41. The first-order valence-electron chi connectivity index (χ1n) is 11.3. The van der Waals surface area contributed by atoms with Gasteiger partial charge in [-0.2, -0.15) is 10.1 Å². The molecule has 3 aromatic heterocycles. The van der Waals surface area contributed by atoms with E-state index in [1.54, 1.807) is 12.4 Å². The number of rotatable bonds is 10. The van der Waals surface area contributed by atoms with Crippen molar-refractivity contribution in [2.75, 3.05) is 0 Å². The molecule has 4 aromatic rings. The van der Waals surface area contributed by atoms with Crippen LogP contribution in [0.5, 0.6) is 0 Å². The molecule has 0 aliphatic carbocycles. The summed E-state index contributed by atoms with van der Waals surface area (Å²) < 4.78 is 44.9. The third kappa shape index (κ3) is 5.34. The molecule has 0 atom stereocenters. The van der Waals surface area contributed by atoms with Gasteiger partial charge in [0.05, 0.1) is 12.7 Å². The van der Waals surface area contributed by atoms with Crippen molar-refractivity contribution in [3.8, 4) is 0 Å². The van der Waals surface area contributed by atoms with Gasteiger partial charge in [0.1, 0.15) is 17.5 Å². The Kier molecular flexibility index (Phi) is 7.44. The molecule has 8 nitrogen and oxygen atoms in total. The van der Waals surface area contributed by atoms with Crippen molar-refractivity contribution in [2.45, 2.75) is 58.7 Å². The molecule has 0 unspecified atom stereocenters.